The highest BCUT2D eigenvalue weighted by Gasteiger charge is 2.23. The molecule has 6 nitrogen and oxygen atoms in total. The SMILES string of the molecule is CC(=O)c1cccc(NC(=O)c2cc(S(=O)(=O)Nc3cccc(C)c3)c(Cl)cc2Cl)c1. The second-order valence-corrected chi connectivity index (χ2v) is 9.29. The average molecular weight is 477 g/mol. The molecule has 1 amide bonds. The summed E-state index contributed by atoms with van der Waals surface area (Å²) in [7, 11) is -4.09. The molecule has 0 spiro atoms. The second-order valence-electron chi connectivity index (χ2n) is 6.83. The van der Waals surface area contributed by atoms with Gasteiger partial charge in [-0.05, 0) is 55.8 Å². The summed E-state index contributed by atoms with van der Waals surface area (Å²) < 4.78 is 28.2. The predicted molar refractivity (Wildman–Crippen MR) is 123 cm³/mol. The van der Waals surface area contributed by atoms with Gasteiger partial charge in [0.1, 0.15) is 4.90 Å². The maximum absolute atomic E-state index is 12.9. The molecule has 3 aromatic rings. The topological polar surface area (TPSA) is 92.3 Å². The minimum atomic E-state index is -4.09. The van der Waals surface area contributed by atoms with Crippen LogP contribution >= 0.6 is 23.2 Å². The van der Waals surface area contributed by atoms with E-state index in [9.17, 15) is 18.0 Å². The van der Waals surface area contributed by atoms with Crippen LogP contribution in [0.15, 0.2) is 65.6 Å². The Hall–Kier alpha value is -2.87. The molecule has 0 aliphatic rings. The summed E-state index contributed by atoms with van der Waals surface area (Å²) in [5.41, 5.74) is 1.94. The zero-order valence-electron chi connectivity index (χ0n) is 16.6. The molecule has 0 aliphatic carbocycles. The zero-order valence-corrected chi connectivity index (χ0v) is 18.9. The Morgan fingerprint density at radius 3 is 2.23 bits per heavy atom. The largest absolute Gasteiger partial charge is 0.322 e. The van der Waals surface area contributed by atoms with E-state index >= 15 is 0 Å². The lowest BCUT2D eigenvalue weighted by Crippen LogP contribution is -2.17. The first-order valence-electron chi connectivity index (χ1n) is 9.08. The van der Waals surface area contributed by atoms with Gasteiger partial charge in [0.25, 0.3) is 15.9 Å². The summed E-state index contributed by atoms with van der Waals surface area (Å²) >= 11 is 12.3. The molecule has 0 saturated heterocycles. The van der Waals surface area contributed by atoms with Crippen LogP contribution in [0.1, 0.15) is 33.2 Å². The Morgan fingerprint density at radius 1 is 0.871 bits per heavy atom. The fourth-order valence-corrected chi connectivity index (χ4v) is 4.75. The van der Waals surface area contributed by atoms with E-state index in [1.54, 1.807) is 36.4 Å². The molecule has 160 valence electrons. The Kier molecular flexibility index (Phi) is 6.69. The van der Waals surface area contributed by atoms with Gasteiger partial charge in [-0.1, -0.05) is 47.5 Å². The molecule has 0 bridgehead atoms. The molecule has 9 heteroatoms. The van der Waals surface area contributed by atoms with Crippen LogP contribution in [0, 0.1) is 6.92 Å². The highest BCUT2D eigenvalue weighted by molar-refractivity contribution is 7.92. The monoisotopic (exact) mass is 476 g/mol. The van der Waals surface area contributed by atoms with Gasteiger partial charge in [0, 0.05) is 16.9 Å². The van der Waals surface area contributed by atoms with Crippen molar-refractivity contribution in [1.29, 1.82) is 0 Å². The molecule has 31 heavy (non-hydrogen) atoms. The Balaban J connectivity index is 1.94. The van der Waals surface area contributed by atoms with Gasteiger partial charge in [-0.15, -0.1) is 0 Å². The van der Waals surface area contributed by atoms with E-state index in [0.29, 0.717) is 16.9 Å². The van der Waals surface area contributed by atoms with Crippen molar-refractivity contribution >= 4 is 56.3 Å². The van der Waals surface area contributed by atoms with Crippen LogP contribution in [-0.4, -0.2) is 20.1 Å². The van der Waals surface area contributed by atoms with E-state index in [2.05, 4.69) is 10.0 Å². The first-order valence-corrected chi connectivity index (χ1v) is 11.3. The van der Waals surface area contributed by atoms with E-state index in [0.717, 1.165) is 11.6 Å². The number of halogens is 2. The molecule has 0 radical (unpaired) electrons. The first-order chi connectivity index (χ1) is 14.6. The Morgan fingerprint density at radius 2 is 1.55 bits per heavy atom. The van der Waals surface area contributed by atoms with Crippen molar-refractivity contribution in [2.45, 2.75) is 18.7 Å². The molecular weight excluding hydrogens is 459 g/mol. The molecule has 0 heterocycles. The summed E-state index contributed by atoms with van der Waals surface area (Å²) in [4.78, 5) is 24.0. The van der Waals surface area contributed by atoms with Gasteiger partial charge in [-0.3, -0.25) is 14.3 Å². The number of carbonyl (C=O) groups excluding carboxylic acids is 2. The van der Waals surface area contributed by atoms with Crippen LogP contribution in [0.3, 0.4) is 0 Å². The van der Waals surface area contributed by atoms with Crippen molar-refractivity contribution in [3.63, 3.8) is 0 Å². The van der Waals surface area contributed by atoms with Crippen molar-refractivity contribution in [3.8, 4) is 0 Å². The fraction of sp³-hybridized carbons (Fsp3) is 0.0909. The van der Waals surface area contributed by atoms with Crippen LogP contribution in [0.2, 0.25) is 10.0 Å². The Bertz CT molecular complexity index is 1290. The smallest absolute Gasteiger partial charge is 0.263 e. The molecule has 0 fully saturated rings. The number of amides is 1. The minimum absolute atomic E-state index is 0.0141. The van der Waals surface area contributed by atoms with Crippen molar-refractivity contribution in [2.24, 2.45) is 0 Å². The van der Waals surface area contributed by atoms with Crippen molar-refractivity contribution in [3.05, 3.63) is 87.4 Å². The highest BCUT2D eigenvalue weighted by atomic mass is 35.5. The normalized spacial score (nSPS) is 11.1. The molecule has 3 aromatic carbocycles. The number of carbonyl (C=O) groups is 2. The summed E-state index contributed by atoms with van der Waals surface area (Å²) in [5, 5.41) is 2.48. The average Bonchev–Trinajstić information content (AvgIpc) is 2.67. The lowest BCUT2D eigenvalue weighted by Gasteiger charge is -2.13. The molecule has 0 atom stereocenters. The number of nitrogens with one attached hydrogen (secondary N) is 2. The highest BCUT2D eigenvalue weighted by Crippen LogP contribution is 2.30. The van der Waals surface area contributed by atoms with Gasteiger partial charge in [0.05, 0.1) is 15.6 Å². The van der Waals surface area contributed by atoms with Gasteiger partial charge in [0.2, 0.25) is 0 Å². The predicted octanol–water partition coefficient (Wildman–Crippen LogP) is 5.56. The van der Waals surface area contributed by atoms with E-state index in [4.69, 9.17) is 23.2 Å². The second kappa shape index (κ2) is 9.09. The molecule has 0 unspecified atom stereocenters. The van der Waals surface area contributed by atoms with Crippen molar-refractivity contribution in [2.75, 3.05) is 10.0 Å². The third kappa shape index (κ3) is 5.44. The van der Waals surface area contributed by atoms with E-state index in [1.807, 2.05) is 13.0 Å². The van der Waals surface area contributed by atoms with Gasteiger partial charge in [-0.2, -0.15) is 0 Å². The fourth-order valence-electron chi connectivity index (χ4n) is 2.84. The number of hydrogen-bond donors (Lipinski definition) is 2. The van der Waals surface area contributed by atoms with Crippen molar-refractivity contribution in [1.82, 2.24) is 0 Å². The molecule has 0 aromatic heterocycles. The quantitative estimate of drug-likeness (QED) is 0.455. The number of hydrogen-bond acceptors (Lipinski definition) is 4. The van der Waals surface area contributed by atoms with Crippen molar-refractivity contribution < 1.29 is 18.0 Å². The maximum atomic E-state index is 12.9. The van der Waals surface area contributed by atoms with Crippen LogP contribution in [0.25, 0.3) is 0 Å². The van der Waals surface area contributed by atoms with Crippen LogP contribution in [0.5, 0.6) is 0 Å². The summed E-state index contributed by atoms with van der Waals surface area (Å²) in [6, 6.07) is 15.5. The van der Waals surface area contributed by atoms with E-state index < -0.39 is 15.9 Å². The molecule has 2 N–H and O–H groups in total. The Labute approximate surface area is 190 Å². The van der Waals surface area contributed by atoms with Crippen LogP contribution in [-0.2, 0) is 10.0 Å². The number of anilines is 2. The maximum Gasteiger partial charge on any atom is 0.263 e. The molecular formula is C22H18Cl2N2O4S. The lowest BCUT2D eigenvalue weighted by atomic mass is 10.1. The molecule has 3 rings (SSSR count). The summed E-state index contributed by atoms with van der Waals surface area (Å²) in [5.74, 6) is -0.800. The minimum Gasteiger partial charge on any atom is -0.322 e. The van der Waals surface area contributed by atoms with Crippen LogP contribution in [0.4, 0.5) is 11.4 Å². The zero-order chi connectivity index (χ0) is 22.8. The van der Waals surface area contributed by atoms with Crippen LogP contribution < -0.4 is 10.0 Å². The number of benzene rings is 3. The lowest BCUT2D eigenvalue weighted by molar-refractivity contribution is 0.101. The molecule has 0 aliphatic heterocycles. The van der Waals surface area contributed by atoms with Gasteiger partial charge >= 0.3 is 0 Å². The number of ketones is 1. The summed E-state index contributed by atoms with van der Waals surface area (Å²) in [6.45, 7) is 3.24. The third-order valence-corrected chi connectivity index (χ3v) is 6.51. The third-order valence-electron chi connectivity index (χ3n) is 4.35. The van der Waals surface area contributed by atoms with Gasteiger partial charge < -0.3 is 5.32 Å². The van der Waals surface area contributed by atoms with Gasteiger partial charge in [0.15, 0.2) is 5.78 Å². The standard InChI is InChI=1S/C22H18Cl2N2O4S/c1-13-5-3-8-17(9-13)26-31(29,30)21-11-18(19(23)12-20(21)24)22(28)25-16-7-4-6-15(10-16)14(2)27/h3-12,26H,1-2H3,(H,25,28). The molecule has 0 saturated carbocycles. The number of rotatable bonds is 6. The van der Waals surface area contributed by atoms with Gasteiger partial charge in [-0.25, -0.2) is 8.42 Å². The van der Waals surface area contributed by atoms with E-state index in [1.165, 1.54) is 19.1 Å². The summed E-state index contributed by atoms with van der Waals surface area (Å²) in [6.07, 6.45) is 0. The van der Waals surface area contributed by atoms with E-state index in [-0.39, 0.29) is 26.3 Å². The first kappa shape index (κ1) is 22.8. The number of sulfonamides is 1. The number of Topliss-reactive ketones (excluding diaryl/α,β-unsaturated/α-hetero) is 1. The number of aryl methyl sites for hydroxylation is 1.